The number of nitrogens with zero attached hydrogens (tertiary/aromatic N) is 1. The van der Waals surface area contributed by atoms with Crippen molar-refractivity contribution in [2.45, 2.75) is 12.1 Å². The molecular formula is C20H21N3O2S. The quantitative estimate of drug-likeness (QED) is 0.466. The van der Waals surface area contributed by atoms with E-state index in [2.05, 4.69) is 15.3 Å². The van der Waals surface area contributed by atoms with Crippen LogP contribution in [0.4, 0.5) is 0 Å². The Hall–Kier alpha value is -2.73. The Morgan fingerprint density at radius 2 is 1.92 bits per heavy atom. The van der Waals surface area contributed by atoms with E-state index in [4.69, 9.17) is 4.74 Å². The van der Waals surface area contributed by atoms with Gasteiger partial charge in [0, 0.05) is 17.9 Å². The van der Waals surface area contributed by atoms with E-state index in [0.717, 1.165) is 27.9 Å². The van der Waals surface area contributed by atoms with Crippen molar-refractivity contribution in [2.24, 2.45) is 0 Å². The summed E-state index contributed by atoms with van der Waals surface area (Å²) in [7, 11) is 0. The number of aromatic nitrogens is 2. The molecule has 0 saturated carbocycles. The van der Waals surface area contributed by atoms with Gasteiger partial charge in [-0.2, -0.15) is 0 Å². The number of nitrogens with one attached hydrogen (secondary N) is 2. The summed E-state index contributed by atoms with van der Waals surface area (Å²) >= 11 is 1.58. The van der Waals surface area contributed by atoms with E-state index in [0.29, 0.717) is 18.7 Å². The number of ether oxygens (including phenoxy) is 1. The molecule has 2 N–H and O–H groups in total. The van der Waals surface area contributed by atoms with Gasteiger partial charge < -0.3 is 15.0 Å². The molecule has 0 saturated heterocycles. The van der Waals surface area contributed by atoms with E-state index in [1.165, 1.54) is 0 Å². The fraction of sp³-hybridized carbons (Fsp3) is 0.200. The zero-order chi connectivity index (χ0) is 18.2. The smallest absolute Gasteiger partial charge is 0.251 e. The average Bonchev–Trinajstić information content (AvgIpc) is 3.16. The molecule has 0 fully saturated rings. The lowest BCUT2D eigenvalue weighted by Gasteiger charge is -2.06. The summed E-state index contributed by atoms with van der Waals surface area (Å²) in [5, 5.41) is 3.76. The molecule has 0 aliphatic rings. The predicted octanol–water partition coefficient (Wildman–Crippen LogP) is 4.00. The number of rotatable bonds is 8. The van der Waals surface area contributed by atoms with Gasteiger partial charge in [-0.05, 0) is 36.8 Å². The van der Waals surface area contributed by atoms with Gasteiger partial charge in [-0.25, -0.2) is 4.98 Å². The van der Waals surface area contributed by atoms with Crippen LogP contribution in [-0.2, 0) is 0 Å². The highest BCUT2D eigenvalue weighted by molar-refractivity contribution is 7.99. The van der Waals surface area contributed by atoms with Crippen LogP contribution in [0.1, 0.15) is 17.3 Å². The number of H-pyrrole nitrogens is 1. The minimum absolute atomic E-state index is 0.0851. The van der Waals surface area contributed by atoms with Crippen molar-refractivity contribution in [1.29, 1.82) is 0 Å². The summed E-state index contributed by atoms with van der Waals surface area (Å²) in [6.07, 6.45) is 1.83. The van der Waals surface area contributed by atoms with Crippen molar-refractivity contribution in [1.82, 2.24) is 15.3 Å². The van der Waals surface area contributed by atoms with Crippen molar-refractivity contribution in [3.63, 3.8) is 0 Å². The van der Waals surface area contributed by atoms with Crippen molar-refractivity contribution in [2.75, 3.05) is 18.9 Å². The molecule has 6 heteroatoms. The van der Waals surface area contributed by atoms with Gasteiger partial charge in [0.15, 0.2) is 5.16 Å². The molecular weight excluding hydrogens is 346 g/mol. The molecule has 0 spiro atoms. The number of amides is 1. The SMILES string of the molecule is CCOc1ccc(C(=O)NCCSc2ncc(-c3ccccc3)[nH]2)cc1. The van der Waals surface area contributed by atoms with Gasteiger partial charge >= 0.3 is 0 Å². The fourth-order valence-electron chi connectivity index (χ4n) is 2.42. The first-order chi connectivity index (χ1) is 12.8. The fourth-order valence-corrected chi connectivity index (χ4v) is 3.13. The van der Waals surface area contributed by atoms with Gasteiger partial charge in [0.2, 0.25) is 0 Å². The van der Waals surface area contributed by atoms with Gasteiger partial charge in [-0.15, -0.1) is 0 Å². The topological polar surface area (TPSA) is 67.0 Å². The molecule has 1 aromatic heterocycles. The summed E-state index contributed by atoms with van der Waals surface area (Å²) < 4.78 is 5.38. The van der Waals surface area contributed by atoms with E-state index in [-0.39, 0.29) is 5.91 Å². The number of imidazole rings is 1. The molecule has 3 aromatic rings. The number of aromatic amines is 1. The summed E-state index contributed by atoms with van der Waals surface area (Å²) in [5.41, 5.74) is 2.73. The molecule has 134 valence electrons. The van der Waals surface area contributed by atoms with Gasteiger partial charge in [0.1, 0.15) is 5.75 Å². The van der Waals surface area contributed by atoms with Gasteiger partial charge in [-0.1, -0.05) is 42.1 Å². The number of hydrogen-bond donors (Lipinski definition) is 2. The number of thioether (sulfide) groups is 1. The normalized spacial score (nSPS) is 10.5. The Bertz CT molecular complexity index is 832. The van der Waals surface area contributed by atoms with Crippen LogP contribution in [0.15, 0.2) is 66.0 Å². The molecule has 26 heavy (non-hydrogen) atoms. The van der Waals surface area contributed by atoms with Crippen molar-refractivity contribution in [3.05, 3.63) is 66.4 Å². The number of hydrogen-bond acceptors (Lipinski definition) is 4. The van der Waals surface area contributed by atoms with E-state index in [9.17, 15) is 4.79 Å². The molecule has 2 aromatic carbocycles. The van der Waals surface area contributed by atoms with Crippen molar-refractivity contribution in [3.8, 4) is 17.0 Å². The van der Waals surface area contributed by atoms with Crippen molar-refractivity contribution < 1.29 is 9.53 Å². The highest BCUT2D eigenvalue weighted by Crippen LogP contribution is 2.20. The second-order valence-corrected chi connectivity index (χ2v) is 6.61. The maximum absolute atomic E-state index is 12.1. The van der Waals surface area contributed by atoms with E-state index >= 15 is 0 Å². The Morgan fingerprint density at radius 3 is 2.65 bits per heavy atom. The highest BCUT2D eigenvalue weighted by Gasteiger charge is 2.06. The third-order valence-electron chi connectivity index (χ3n) is 3.69. The van der Waals surface area contributed by atoms with Crippen molar-refractivity contribution >= 4 is 17.7 Å². The molecule has 3 rings (SSSR count). The number of carbonyl (C=O) groups is 1. The van der Waals surface area contributed by atoms with Crippen LogP contribution in [0, 0.1) is 0 Å². The summed E-state index contributed by atoms with van der Waals surface area (Å²) in [6, 6.07) is 17.2. The molecule has 0 bridgehead atoms. The molecule has 1 amide bonds. The van der Waals surface area contributed by atoms with Crippen LogP contribution in [0.25, 0.3) is 11.3 Å². The third-order valence-corrected chi connectivity index (χ3v) is 4.58. The molecule has 1 heterocycles. The zero-order valence-electron chi connectivity index (χ0n) is 14.6. The van der Waals surface area contributed by atoms with Gasteiger partial charge in [0.05, 0.1) is 18.5 Å². The molecule has 5 nitrogen and oxygen atoms in total. The van der Waals surface area contributed by atoms with E-state index < -0.39 is 0 Å². The second-order valence-electron chi connectivity index (χ2n) is 5.53. The predicted molar refractivity (Wildman–Crippen MR) is 105 cm³/mol. The second kappa shape index (κ2) is 9.10. The minimum atomic E-state index is -0.0851. The van der Waals surface area contributed by atoms with E-state index in [1.807, 2.05) is 43.5 Å². The number of benzene rings is 2. The number of carbonyl (C=O) groups excluding carboxylic acids is 1. The molecule has 0 aliphatic carbocycles. The summed E-state index contributed by atoms with van der Waals surface area (Å²) in [6.45, 7) is 3.11. The lowest BCUT2D eigenvalue weighted by Crippen LogP contribution is -2.25. The first-order valence-corrected chi connectivity index (χ1v) is 9.49. The monoisotopic (exact) mass is 367 g/mol. The Labute approximate surface area is 157 Å². The van der Waals surface area contributed by atoms with Gasteiger partial charge in [0.25, 0.3) is 5.91 Å². The Kier molecular flexibility index (Phi) is 6.33. The molecule has 0 unspecified atom stereocenters. The standard InChI is InChI=1S/C20H21N3O2S/c1-2-25-17-10-8-16(9-11-17)19(24)21-12-13-26-20-22-14-18(23-20)15-6-4-3-5-7-15/h3-11,14H,2,12-13H2,1H3,(H,21,24)(H,22,23). The zero-order valence-corrected chi connectivity index (χ0v) is 15.4. The average molecular weight is 367 g/mol. The molecule has 0 radical (unpaired) electrons. The molecule has 0 atom stereocenters. The Morgan fingerprint density at radius 1 is 1.15 bits per heavy atom. The maximum Gasteiger partial charge on any atom is 0.251 e. The summed E-state index contributed by atoms with van der Waals surface area (Å²) in [5.74, 6) is 1.43. The van der Waals surface area contributed by atoms with E-state index in [1.54, 1.807) is 36.0 Å². The lowest BCUT2D eigenvalue weighted by atomic mass is 10.2. The Balaban J connectivity index is 1.44. The minimum Gasteiger partial charge on any atom is -0.494 e. The molecule has 0 aliphatic heterocycles. The third kappa shape index (κ3) is 4.89. The van der Waals surface area contributed by atoms with Crippen LogP contribution in [0.3, 0.4) is 0 Å². The first-order valence-electron chi connectivity index (χ1n) is 8.50. The largest absolute Gasteiger partial charge is 0.494 e. The van der Waals surface area contributed by atoms with Crippen LogP contribution in [0.5, 0.6) is 5.75 Å². The highest BCUT2D eigenvalue weighted by atomic mass is 32.2. The van der Waals surface area contributed by atoms with Crippen LogP contribution in [0.2, 0.25) is 0 Å². The van der Waals surface area contributed by atoms with Crippen LogP contribution in [-0.4, -0.2) is 34.8 Å². The van der Waals surface area contributed by atoms with Gasteiger partial charge in [-0.3, -0.25) is 4.79 Å². The lowest BCUT2D eigenvalue weighted by molar-refractivity contribution is 0.0956. The maximum atomic E-state index is 12.1. The first kappa shape index (κ1) is 18.1. The van der Waals surface area contributed by atoms with Crippen LogP contribution >= 0.6 is 11.8 Å². The van der Waals surface area contributed by atoms with Crippen LogP contribution < -0.4 is 10.1 Å². The summed E-state index contributed by atoms with van der Waals surface area (Å²) in [4.78, 5) is 19.8.